The highest BCUT2D eigenvalue weighted by molar-refractivity contribution is 7.88. The molecule has 1 aliphatic rings. The molecule has 9 heteroatoms. The summed E-state index contributed by atoms with van der Waals surface area (Å²) in [6.07, 6.45) is 1.16. The monoisotopic (exact) mass is 317 g/mol. The molecule has 0 aliphatic carbocycles. The van der Waals surface area contributed by atoms with Crippen LogP contribution >= 0.6 is 0 Å². The van der Waals surface area contributed by atoms with Crippen molar-refractivity contribution in [3.8, 4) is 0 Å². The Bertz CT molecular complexity index is 642. The first-order valence-electron chi connectivity index (χ1n) is 6.38. The Morgan fingerprint density at radius 3 is 2.43 bits per heavy atom. The van der Waals surface area contributed by atoms with Crippen molar-refractivity contribution in [2.24, 2.45) is 0 Å². The van der Waals surface area contributed by atoms with Gasteiger partial charge in [0.2, 0.25) is 15.8 Å². The summed E-state index contributed by atoms with van der Waals surface area (Å²) in [5, 5.41) is 10.7. The third-order valence-electron chi connectivity index (χ3n) is 3.45. The van der Waals surface area contributed by atoms with Gasteiger partial charge in [-0.2, -0.15) is 8.70 Å². The zero-order valence-electron chi connectivity index (χ0n) is 11.5. The fourth-order valence-corrected chi connectivity index (χ4v) is 3.12. The molecule has 2 rings (SSSR count). The first kappa shape index (κ1) is 15.8. The van der Waals surface area contributed by atoms with Gasteiger partial charge in [-0.25, -0.2) is 8.42 Å². The molecule has 7 nitrogen and oxygen atoms in total. The fourth-order valence-electron chi connectivity index (χ4n) is 2.29. The number of hydrogen-bond acceptors (Lipinski definition) is 5. The molecule has 0 aromatic heterocycles. The second-order valence-corrected chi connectivity index (χ2v) is 6.93. The van der Waals surface area contributed by atoms with Gasteiger partial charge in [-0.1, -0.05) is 12.1 Å². The molecule has 1 fully saturated rings. The second-order valence-electron chi connectivity index (χ2n) is 4.95. The van der Waals surface area contributed by atoms with Gasteiger partial charge < -0.3 is 0 Å². The van der Waals surface area contributed by atoms with Crippen LogP contribution in [0.4, 0.5) is 10.1 Å². The van der Waals surface area contributed by atoms with E-state index in [0.29, 0.717) is 26.2 Å². The van der Waals surface area contributed by atoms with E-state index in [1.54, 1.807) is 0 Å². The number of hydrogen-bond donors (Lipinski definition) is 0. The summed E-state index contributed by atoms with van der Waals surface area (Å²) in [5.41, 5.74) is -0.292. The molecule has 0 unspecified atom stereocenters. The number of nitro groups is 1. The topological polar surface area (TPSA) is 83.8 Å². The maximum Gasteiger partial charge on any atom is 0.305 e. The van der Waals surface area contributed by atoms with Gasteiger partial charge in [0.15, 0.2) is 0 Å². The summed E-state index contributed by atoms with van der Waals surface area (Å²) in [5.74, 6) is -0.826. The number of rotatable bonds is 4. The molecule has 1 saturated heterocycles. The average Bonchev–Trinajstić information content (AvgIpc) is 2.40. The second kappa shape index (κ2) is 6.04. The Labute approximate surface area is 122 Å². The molecule has 0 saturated carbocycles. The van der Waals surface area contributed by atoms with E-state index in [1.165, 1.54) is 16.4 Å². The molecule has 0 atom stereocenters. The molecule has 0 N–H and O–H groups in total. The Morgan fingerprint density at radius 1 is 1.29 bits per heavy atom. The highest BCUT2D eigenvalue weighted by Crippen LogP contribution is 2.22. The van der Waals surface area contributed by atoms with E-state index in [9.17, 15) is 22.9 Å². The summed E-state index contributed by atoms with van der Waals surface area (Å²) < 4.78 is 38.1. The van der Waals surface area contributed by atoms with Gasteiger partial charge in [-0.15, -0.1) is 0 Å². The maximum absolute atomic E-state index is 14.0. The molecule has 0 bridgehead atoms. The van der Waals surface area contributed by atoms with Crippen LogP contribution in [-0.2, 0) is 16.6 Å². The SMILES string of the molecule is CS(=O)(=O)N1CCN(Cc2cccc([N+](=O)[O-])c2F)CC1. The lowest BCUT2D eigenvalue weighted by molar-refractivity contribution is -0.387. The van der Waals surface area contributed by atoms with Crippen LogP contribution in [0, 0.1) is 15.9 Å². The third kappa shape index (κ3) is 3.74. The van der Waals surface area contributed by atoms with E-state index in [-0.39, 0.29) is 12.1 Å². The van der Waals surface area contributed by atoms with Gasteiger partial charge in [-0.05, 0) is 0 Å². The van der Waals surface area contributed by atoms with E-state index >= 15 is 0 Å². The van der Waals surface area contributed by atoms with Gasteiger partial charge in [0.05, 0.1) is 11.2 Å². The standard InChI is InChI=1S/C12H16FN3O4S/c1-21(19,20)15-7-5-14(6-8-15)9-10-3-2-4-11(12(10)13)16(17)18/h2-4H,5-9H2,1H3. The van der Waals surface area contributed by atoms with Crippen LogP contribution in [0.15, 0.2) is 18.2 Å². The summed E-state index contributed by atoms with van der Waals surface area (Å²) in [7, 11) is -3.21. The van der Waals surface area contributed by atoms with Gasteiger partial charge in [0.1, 0.15) is 0 Å². The number of nitro benzene ring substituents is 1. The number of benzene rings is 1. The lowest BCUT2D eigenvalue weighted by Crippen LogP contribution is -2.47. The predicted octanol–water partition coefficient (Wildman–Crippen LogP) is 0.811. The number of nitrogens with zero attached hydrogens (tertiary/aromatic N) is 3. The smallest absolute Gasteiger partial charge is 0.296 e. The third-order valence-corrected chi connectivity index (χ3v) is 4.75. The molecule has 1 aromatic carbocycles. The molecule has 116 valence electrons. The van der Waals surface area contributed by atoms with Crippen LogP contribution < -0.4 is 0 Å². The number of sulfonamides is 1. The minimum absolute atomic E-state index is 0.227. The molecule has 1 heterocycles. The van der Waals surface area contributed by atoms with Crippen LogP contribution in [0.2, 0.25) is 0 Å². The first-order valence-corrected chi connectivity index (χ1v) is 8.23. The van der Waals surface area contributed by atoms with Gasteiger partial charge in [-0.3, -0.25) is 15.0 Å². The van der Waals surface area contributed by atoms with Crippen molar-refractivity contribution in [1.82, 2.24) is 9.21 Å². The highest BCUT2D eigenvalue weighted by atomic mass is 32.2. The van der Waals surface area contributed by atoms with Crippen LogP contribution in [0.5, 0.6) is 0 Å². The highest BCUT2D eigenvalue weighted by Gasteiger charge is 2.25. The summed E-state index contributed by atoms with van der Waals surface area (Å²) in [6.45, 7) is 1.85. The van der Waals surface area contributed by atoms with Crippen LogP contribution in [0.1, 0.15) is 5.56 Å². The van der Waals surface area contributed by atoms with Gasteiger partial charge in [0.25, 0.3) is 0 Å². The van der Waals surface area contributed by atoms with Crippen molar-refractivity contribution in [2.75, 3.05) is 32.4 Å². The van der Waals surface area contributed by atoms with Crippen molar-refractivity contribution in [3.05, 3.63) is 39.7 Å². The van der Waals surface area contributed by atoms with Crippen molar-refractivity contribution in [3.63, 3.8) is 0 Å². The molecule has 0 amide bonds. The molecule has 0 radical (unpaired) electrons. The molecule has 1 aliphatic heterocycles. The molecule has 21 heavy (non-hydrogen) atoms. The van der Waals surface area contributed by atoms with Crippen LogP contribution in [-0.4, -0.2) is 55.0 Å². The van der Waals surface area contributed by atoms with E-state index in [0.717, 1.165) is 12.3 Å². The zero-order valence-corrected chi connectivity index (χ0v) is 12.3. The predicted molar refractivity (Wildman–Crippen MR) is 74.7 cm³/mol. The summed E-state index contributed by atoms with van der Waals surface area (Å²) in [4.78, 5) is 11.8. The summed E-state index contributed by atoms with van der Waals surface area (Å²) in [6, 6.07) is 4.08. The average molecular weight is 317 g/mol. The Kier molecular flexibility index (Phi) is 4.55. The summed E-state index contributed by atoms with van der Waals surface area (Å²) >= 11 is 0. The van der Waals surface area contributed by atoms with Crippen LogP contribution in [0.25, 0.3) is 0 Å². The minimum atomic E-state index is -3.21. The van der Waals surface area contributed by atoms with Gasteiger partial charge in [0, 0.05) is 44.4 Å². The van der Waals surface area contributed by atoms with E-state index in [4.69, 9.17) is 0 Å². The van der Waals surface area contributed by atoms with Crippen molar-refractivity contribution in [1.29, 1.82) is 0 Å². The van der Waals surface area contributed by atoms with E-state index in [2.05, 4.69) is 0 Å². The van der Waals surface area contributed by atoms with Crippen molar-refractivity contribution < 1.29 is 17.7 Å². The molecule has 1 aromatic rings. The molecular formula is C12H16FN3O4S. The van der Waals surface area contributed by atoms with Crippen LogP contribution in [0.3, 0.4) is 0 Å². The van der Waals surface area contributed by atoms with E-state index < -0.39 is 26.5 Å². The fraction of sp³-hybridized carbons (Fsp3) is 0.500. The number of piperazine rings is 1. The quantitative estimate of drug-likeness (QED) is 0.606. The van der Waals surface area contributed by atoms with Crippen molar-refractivity contribution >= 4 is 15.7 Å². The lowest BCUT2D eigenvalue weighted by Gasteiger charge is -2.33. The molecule has 0 spiro atoms. The zero-order chi connectivity index (χ0) is 15.6. The Morgan fingerprint density at radius 2 is 1.90 bits per heavy atom. The minimum Gasteiger partial charge on any atom is -0.296 e. The molecular weight excluding hydrogens is 301 g/mol. The normalized spacial score (nSPS) is 17.8. The largest absolute Gasteiger partial charge is 0.305 e. The lowest BCUT2D eigenvalue weighted by atomic mass is 10.1. The van der Waals surface area contributed by atoms with E-state index in [1.807, 2.05) is 4.90 Å². The van der Waals surface area contributed by atoms with Gasteiger partial charge >= 0.3 is 5.69 Å². The Balaban J connectivity index is 2.05. The maximum atomic E-state index is 14.0. The number of halogens is 1. The van der Waals surface area contributed by atoms with Crippen molar-refractivity contribution in [2.45, 2.75) is 6.54 Å². The first-order chi connectivity index (χ1) is 9.79. The Hall–Kier alpha value is -1.58.